The summed E-state index contributed by atoms with van der Waals surface area (Å²) in [6.45, 7) is 2.21. The van der Waals surface area contributed by atoms with Crippen molar-refractivity contribution in [1.82, 2.24) is 0 Å². The van der Waals surface area contributed by atoms with Crippen LogP contribution in [-0.4, -0.2) is 19.0 Å². The zero-order valence-electron chi connectivity index (χ0n) is 14.9. The van der Waals surface area contributed by atoms with Gasteiger partial charge < -0.3 is 4.74 Å². The second-order valence-electron chi connectivity index (χ2n) is 7.12. The van der Waals surface area contributed by atoms with Crippen molar-refractivity contribution in [2.75, 3.05) is 7.11 Å². The highest BCUT2D eigenvalue weighted by atomic mass is 35.5. The zero-order valence-corrected chi connectivity index (χ0v) is 15.6. The predicted octanol–water partition coefficient (Wildman–Crippen LogP) is 6.09. The Hall–Kier alpha value is -1.12. The number of rotatable bonds is 3. The van der Waals surface area contributed by atoms with Crippen LogP contribution in [0.15, 0.2) is 35.9 Å². The number of aldehydes is 1. The molecule has 0 aliphatic heterocycles. The Labute approximate surface area is 151 Å². The molecule has 0 amide bonds. The molecule has 0 spiro atoms. The van der Waals surface area contributed by atoms with E-state index in [0.29, 0.717) is 5.92 Å². The van der Waals surface area contributed by atoms with Gasteiger partial charge in [-0.25, -0.2) is 0 Å². The molecule has 0 saturated heterocycles. The van der Waals surface area contributed by atoms with E-state index in [1.807, 2.05) is 25.3 Å². The van der Waals surface area contributed by atoms with Crippen molar-refractivity contribution in [1.29, 1.82) is 0 Å². The highest BCUT2D eigenvalue weighted by Gasteiger charge is 2.31. The molecule has 0 radical (unpaired) electrons. The van der Waals surface area contributed by atoms with Gasteiger partial charge in [-0.15, -0.1) is 0 Å². The van der Waals surface area contributed by atoms with Crippen LogP contribution >= 0.6 is 11.6 Å². The molecule has 1 aromatic carbocycles. The Balaban J connectivity index is 0.000000219. The summed E-state index contributed by atoms with van der Waals surface area (Å²) in [6.07, 6.45) is 12.3. The summed E-state index contributed by atoms with van der Waals surface area (Å²) in [6, 6.07) is 8.28. The third-order valence-corrected chi connectivity index (χ3v) is 5.61. The third-order valence-electron chi connectivity index (χ3n) is 5.35. The molecule has 3 heteroatoms. The Morgan fingerprint density at radius 3 is 2.29 bits per heavy atom. The summed E-state index contributed by atoms with van der Waals surface area (Å²) >= 11 is 5.90. The fourth-order valence-electron chi connectivity index (χ4n) is 3.47. The first-order chi connectivity index (χ1) is 11.6. The molecule has 0 aromatic heterocycles. The van der Waals surface area contributed by atoms with Crippen molar-refractivity contribution < 1.29 is 9.53 Å². The van der Waals surface area contributed by atoms with Gasteiger partial charge in [0, 0.05) is 12.1 Å². The number of carbonyl (C=O) groups excluding carboxylic acids is 1. The number of ether oxygens (including phenoxy) is 1. The molecule has 0 heterocycles. The summed E-state index contributed by atoms with van der Waals surface area (Å²) in [7, 11) is 1.82. The molecule has 3 rings (SSSR count). The van der Waals surface area contributed by atoms with Crippen LogP contribution in [0.25, 0.3) is 0 Å². The first kappa shape index (κ1) is 19.2. The van der Waals surface area contributed by atoms with E-state index in [1.54, 1.807) is 0 Å². The highest BCUT2D eigenvalue weighted by molar-refractivity contribution is 6.30. The monoisotopic (exact) mass is 348 g/mol. The summed E-state index contributed by atoms with van der Waals surface area (Å²) in [5.41, 5.74) is 2.52. The molecule has 0 bridgehead atoms. The fourth-order valence-corrected chi connectivity index (χ4v) is 3.60. The van der Waals surface area contributed by atoms with Gasteiger partial charge in [-0.3, -0.25) is 4.79 Å². The van der Waals surface area contributed by atoms with Crippen molar-refractivity contribution in [2.24, 2.45) is 0 Å². The van der Waals surface area contributed by atoms with E-state index >= 15 is 0 Å². The van der Waals surface area contributed by atoms with Gasteiger partial charge in [0.1, 0.15) is 6.29 Å². The molecule has 132 valence electrons. The first-order valence-corrected chi connectivity index (χ1v) is 9.39. The number of methoxy groups -OCH3 is 1. The molecular weight excluding hydrogens is 320 g/mol. The molecule has 2 aliphatic carbocycles. The van der Waals surface area contributed by atoms with E-state index in [-0.39, 0.29) is 5.60 Å². The molecule has 0 atom stereocenters. The predicted molar refractivity (Wildman–Crippen MR) is 101 cm³/mol. The SMILES string of the molecule is COC1(C)CCC(c2ccc(Cl)cc2)CC1.O=CC1=CCCCC1. The van der Waals surface area contributed by atoms with Gasteiger partial charge in [0.2, 0.25) is 0 Å². The number of hydrogen-bond acceptors (Lipinski definition) is 2. The summed E-state index contributed by atoms with van der Waals surface area (Å²) in [5, 5.41) is 0.821. The van der Waals surface area contributed by atoms with E-state index in [4.69, 9.17) is 16.3 Å². The van der Waals surface area contributed by atoms with Gasteiger partial charge in [-0.1, -0.05) is 29.8 Å². The normalized spacial score (nSPS) is 26.8. The molecule has 1 aromatic rings. The van der Waals surface area contributed by atoms with Gasteiger partial charge in [0.15, 0.2) is 0 Å². The zero-order chi connectivity index (χ0) is 17.4. The smallest absolute Gasteiger partial charge is 0.145 e. The number of hydrogen-bond donors (Lipinski definition) is 0. The Morgan fingerprint density at radius 2 is 1.83 bits per heavy atom. The highest BCUT2D eigenvalue weighted by Crippen LogP contribution is 2.39. The van der Waals surface area contributed by atoms with Gasteiger partial charge in [-0.05, 0) is 87.5 Å². The minimum absolute atomic E-state index is 0.100. The Morgan fingerprint density at radius 1 is 1.17 bits per heavy atom. The van der Waals surface area contributed by atoms with Crippen LogP contribution in [0.3, 0.4) is 0 Å². The van der Waals surface area contributed by atoms with Crippen LogP contribution < -0.4 is 0 Å². The van der Waals surface area contributed by atoms with Gasteiger partial charge in [0.05, 0.1) is 5.60 Å². The van der Waals surface area contributed by atoms with E-state index in [0.717, 1.165) is 42.6 Å². The molecule has 0 unspecified atom stereocenters. The van der Waals surface area contributed by atoms with Crippen molar-refractivity contribution in [3.05, 3.63) is 46.5 Å². The maximum absolute atomic E-state index is 10.1. The topological polar surface area (TPSA) is 26.3 Å². The second kappa shape index (κ2) is 9.39. The van der Waals surface area contributed by atoms with E-state index < -0.39 is 0 Å². The van der Waals surface area contributed by atoms with Crippen LogP contribution in [0.5, 0.6) is 0 Å². The molecule has 1 saturated carbocycles. The summed E-state index contributed by atoms with van der Waals surface area (Å²) in [5.74, 6) is 0.681. The van der Waals surface area contributed by atoms with Crippen molar-refractivity contribution in [3.63, 3.8) is 0 Å². The van der Waals surface area contributed by atoms with Crippen molar-refractivity contribution in [3.8, 4) is 0 Å². The lowest BCUT2D eigenvalue weighted by molar-refractivity contribution is -0.105. The first-order valence-electron chi connectivity index (χ1n) is 9.01. The largest absolute Gasteiger partial charge is 0.379 e. The molecule has 1 fully saturated rings. The van der Waals surface area contributed by atoms with Crippen LogP contribution in [0, 0.1) is 0 Å². The number of allylic oxidation sites excluding steroid dienone is 2. The van der Waals surface area contributed by atoms with Crippen LogP contribution in [0.4, 0.5) is 0 Å². The van der Waals surface area contributed by atoms with Crippen molar-refractivity contribution >= 4 is 17.9 Å². The molecular formula is C21H29ClO2. The second-order valence-corrected chi connectivity index (χ2v) is 7.56. The molecule has 0 N–H and O–H groups in total. The average molecular weight is 349 g/mol. The maximum atomic E-state index is 10.1. The fraction of sp³-hybridized carbons (Fsp3) is 0.571. The molecule has 2 aliphatic rings. The third kappa shape index (κ3) is 5.75. The quantitative estimate of drug-likeness (QED) is 0.618. The molecule has 2 nitrogen and oxygen atoms in total. The maximum Gasteiger partial charge on any atom is 0.145 e. The van der Waals surface area contributed by atoms with Crippen LogP contribution in [0.2, 0.25) is 5.02 Å². The number of benzene rings is 1. The molecule has 24 heavy (non-hydrogen) atoms. The van der Waals surface area contributed by atoms with E-state index in [1.165, 1.54) is 31.2 Å². The van der Waals surface area contributed by atoms with Gasteiger partial charge >= 0.3 is 0 Å². The Kier molecular flexibility index (Phi) is 7.51. The lowest BCUT2D eigenvalue weighted by atomic mass is 9.77. The number of carbonyl (C=O) groups is 1. The number of halogens is 1. The summed E-state index contributed by atoms with van der Waals surface area (Å²) in [4.78, 5) is 10.1. The van der Waals surface area contributed by atoms with Gasteiger partial charge in [0.25, 0.3) is 0 Å². The average Bonchev–Trinajstić information content (AvgIpc) is 2.64. The Bertz CT molecular complexity index is 539. The minimum Gasteiger partial charge on any atom is -0.379 e. The van der Waals surface area contributed by atoms with Crippen LogP contribution in [-0.2, 0) is 9.53 Å². The lowest BCUT2D eigenvalue weighted by Gasteiger charge is -2.36. The van der Waals surface area contributed by atoms with E-state index in [9.17, 15) is 4.79 Å². The van der Waals surface area contributed by atoms with Gasteiger partial charge in [-0.2, -0.15) is 0 Å². The van der Waals surface area contributed by atoms with Crippen LogP contribution in [0.1, 0.15) is 69.8 Å². The van der Waals surface area contributed by atoms with E-state index in [2.05, 4.69) is 19.1 Å². The standard InChI is InChI=1S/C14H19ClO.C7H10O/c1-14(16-2)9-7-12(8-10-14)11-3-5-13(15)6-4-11;8-6-7-4-2-1-3-5-7/h3-6,12H,7-10H2,1-2H3;4,6H,1-3,5H2. The van der Waals surface area contributed by atoms with Crippen molar-refractivity contribution in [2.45, 2.75) is 69.8 Å². The minimum atomic E-state index is 0.100. The lowest BCUT2D eigenvalue weighted by Crippen LogP contribution is -2.32. The summed E-state index contributed by atoms with van der Waals surface area (Å²) < 4.78 is 5.56.